The lowest BCUT2D eigenvalue weighted by atomic mass is 10.0. The number of ether oxygens (including phenoxy) is 3. The summed E-state index contributed by atoms with van der Waals surface area (Å²) in [7, 11) is 1.76. The number of nitrogens with zero attached hydrogens (tertiary/aromatic N) is 7. The molecule has 14 heteroatoms. The maximum absolute atomic E-state index is 12.8. The van der Waals surface area contributed by atoms with Crippen LogP contribution >= 0.6 is 11.6 Å². The number of piperazine rings is 1. The molecule has 4 aliphatic heterocycles. The first-order valence-corrected chi connectivity index (χ1v) is 17.3. The minimum Gasteiger partial charge on any atom is -0.465 e. The van der Waals surface area contributed by atoms with Crippen LogP contribution in [0.1, 0.15) is 43.4 Å². The maximum atomic E-state index is 12.8. The Balaban J connectivity index is 1.19. The molecule has 5 heterocycles. The zero-order valence-electron chi connectivity index (χ0n) is 27.5. The van der Waals surface area contributed by atoms with Crippen molar-refractivity contribution in [3.63, 3.8) is 0 Å². The molecule has 2 amide bonds. The van der Waals surface area contributed by atoms with E-state index in [9.17, 15) is 20.0 Å². The average molecular weight is 690 g/mol. The van der Waals surface area contributed by atoms with E-state index in [0.717, 1.165) is 47.0 Å². The third-order valence-corrected chi connectivity index (χ3v) is 10.4. The summed E-state index contributed by atoms with van der Waals surface area (Å²) in [5.74, 6) is 0.661. The van der Waals surface area contributed by atoms with Gasteiger partial charge in [0.15, 0.2) is 6.29 Å². The molecule has 7 rings (SSSR count). The zero-order chi connectivity index (χ0) is 34.1. The molecule has 4 atom stereocenters. The van der Waals surface area contributed by atoms with Gasteiger partial charge < -0.3 is 38.9 Å². The van der Waals surface area contributed by atoms with Crippen LogP contribution in [0.4, 0.5) is 16.3 Å². The number of carboxylic acid groups (broad SMARTS) is 1. The molecule has 0 aliphatic carbocycles. The largest absolute Gasteiger partial charge is 0.465 e. The summed E-state index contributed by atoms with van der Waals surface area (Å²) in [5, 5.41) is 22.0. The molecule has 0 bridgehead atoms. The van der Waals surface area contributed by atoms with Crippen LogP contribution in [-0.2, 0) is 27.2 Å². The molecule has 3 fully saturated rings. The maximum Gasteiger partial charge on any atom is 0.407 e. The number of benzene rings is 2. The molecule has 0 spiro atoms. The second kappa shape index (κ2) is 14.2. The smallest absolute Gasteiger partial charge is 0.407 e. The Morgan fingerprint density at radius 1 is 1.14 bits per heavy atom. The highest BCUT2D eigenvalue weighted by Crippen LogP contribution is 2.37. The minimum absolute atomic E-state index is 0.0225. The summed E-state index contributed by atoms with van der Waals surface area (Å²) in [6, 6.07) is 13.5. The molecular weight excluding hydrogens is 650 g/mol. The third kappa shape index (κ3) is 6.77. The number of carbonyl (C=O) groups excluding carboxylic acids is 1. The van der Waals surface area contributed by atoms with Crippen molar-refractivity contribution in [1.29, 1.82) is 5.26 Å². The van der Waals surface area contributed by atoms with E-state index in [4.69, 9.17) is 35.8 Å². The molecule has 2 aromatic carbocycles. The topological polar surface area (TPSA) is 145 Å². The van der Waals surface area contributed by atoms with Gasteiger partial charge in [0.2, 0.25) is 5.91 Å². The van der Waals surface area contributed by atoms with Gasteiger partial charge in [-0.15, -0.1) is 0 Å². The van der Waals surface area contributed by atoms with Crippen molar-refractivity contribution in [1.82, 2.24) is 19.8 Å². The Kier molecular flexibility index (Phi) is 9.62. The monoisotopic (exact) mass is 689 g/mol. The molecule has 0 saturated carbocycles. The molecule has 0 radical (unpaired) electrons. The van der Waals surface area contributed by atoms with E-state index in [1.807, 2.05) is 30.3 Å². The average Bonchev–Trinajstić information content (AvgIpc) is 3.37. The van der Waals surface area contributed by atoms with Gasteiger partial charge in [0.1, 0.15) is 12.4 Å². The standard InChI is InChI=1S/C35H40ClN7O6/c1-40-28(29(18-30(40)44)49-31-10-2-3-17-47-31)21-48-34-38-26-20-41(27-9-5-7-22-6-4-8-25(36)32(22)27)14-12-24(26)33(39-34)42-15-16-43(35(45)46)23(19-42)11-13-37/h4-9,23,28-29,31H,2-3,10-12,14-21H2,1H3,(H,45,46)/t23?,28-,29-,31?/m1/s1. The van der Waals surface area contributed by atoms with Gasteiger partial charge in [0.25, 0.3) is 0 Å². The molecule has 49 heavy (non-hydrogen) atoms. The van der Waals surface area contributed by atoms with Crippen LogP contribution in [0.2, 0.25) is 5.02 Å². The van der Waals surface area contributed by atoms with Crippen LogP contribution in [0.5, 0.6) is 6.01 Å². The van der Waals surface area contributed by atoms with E-state index in [0.29, 0.717) is 50.0 Å². The summed E-state index contributed by atoms with van der Waals surface area (Å²) < 4.78 is 18.4. The number of halogens is 1. The molecule has 3 aromatic rings. The van der Waals surface area contributed by atoms with Gasteiger partial charge >= 0.3 is 12.1 Å². The Bertz CT molecular complexity index is 1760. The fourth-order valence-corrected chi connectivity index (χ4v) is 7.74. The first-order valence-electron chi connectivity index (χ1n) is 16.9. The second-order valence-electron chi connectivity index (χ2n) is 13.0. The number of hydrogen-bond acceptors (Lipinski definition) is 10. The Morgan fingerprint density at radius 2 is 1.98 bits per heavy atom. The van der Waals surface area contributed by atoms with Crippen molar-refractivity contribution in [2.75, 3.05) is 56.2 Å². The summed E-state index contributed by atoms with van der Waals surface area (Å²) in [6.07, 6.45) is 2.01. The van der Waals surface area contributed by atoms with Crippen LogP contribution in [0, 0.1) is 11.3 Å². The molecule has 258 valence electrons. The number of amides is 2. The van der Waals surface area contributed by atoms with Gasteiger partial charge in [-0.2, -0.15) is 15.2 Å². The summed E-state index contributed by atoms with van der Waals surface area (Å²) in [5.41, 5.74) is 2.78. The molecule has 13 nitrogen and oxygen atoms in total. The summed E-state index contributed by atoms with van der Waals surface area (Å²) in [4.78, 5) is 41.9. The van der Waals surface area contributed by atoms with Crippen molar-refractivity contribution in [3.8, 4) is 12.1 Å². The van der Waals surface area contributed by atoms with E-state index < -0.39 is 12.1 Å². The fraction of sp³-hybridized carbons (Fsp3) is 0.514. The van der Waals surface area contributed by atoms with Gasteiger partial charge in [0, 0.05) is 56.5 Å². The molecule has 3 saturated heterocycles. The van der Waals surface area contributed by atoms with Gasteiger partial charge in [0.05, 0.1) is 54.4 Å². The van der Waals surface area contributed by atoms with E-state index in [1.165, 1.54) is 4.90 Å². The number of nitriles is 1. The number of carbonyl (C=O) groups is 2. The number of anilines is 2. The molecule has 1 N–H and O–H groups in total. The van der Waals surface area contributed by atoms with Crippen molar-refractivity contribution in [3.05, 3.63) is 52.7 Å². The predicted octanol–water partition coefficient (Wildman–Crippen LogP) is 4.45. The summed E-state index contributed by atoms with van der Waals surface area (Å²) in [6.45, 7) is 2.93. The van der Waals surface area contributed by atoms with Crippen LogP contribution in [0.25, 0.3) is 10.8 Å². The highest BCUT2D eigenvalue weighted by Gasteiger charge is 2.41. The molecule has 1 aromatic heterocycles. The summed E-state index contributed by atoms with van der Waals surface area (Å²) >= 11 is 6.71. The molecule has 4 aliphatic rings. The van der Waals surface area contributed by atoms with Crippen molar-refractivity contribution < 1.29 is 28.9 Å². The minimum atomic E-state index is -1.04. The lowest BCUT2D eigenvalue weighted by Crippen LogP contribution is -2.55. The number of likely N-dealkylation sites (tertiary alicyclic amines) is 1. The van der Waals surface area contributed by atoms with E-state index in [2.05, 4.69) is 21.9 Å². The highest BCUT2D eigenvalue weighted by molar-refractivity contribution is 6.36. The van der Waals surface area contributed by atoms with E-state index in [1.54, 1.807) is 11.9 Å². The van der Waals surface area contributed by atoms with Crippen LogP contribution in [0.3, 0.4) is 0 Å². The number of aromatic nitrogens is 2. The SMILES string of the molecule is CN1C(=O)C[C@@H](OC2CCCCO2)[C@H]1COc1nc2c(c(N3CCN(C(=O)O)C(CC#N)C3)n1)CCN(c1cccc3cccc(Cl)c13)C2. The highest BCUT2D eigenvalue weighted by atomic mass is 35.5. The van der Waals surface area contributed by atoms with Gasteiger partial charge in [-0.05, 0) is 43.2 Å². The fourth-order valence-electron chi connectivity index (χ4n) is 7.46. The normalized spacial score (nSPS) is 24.2. The van der Waals surface area contributed by atoms with Gasteiger partial charge in [-0.25, -0.2) is 4.79 Å². The number of hydrogen-bond donors (Lipinski definition) is 1. The van der Waals surface area contributed by atoms with E-state index in [-0.39, 0.29) is 56.3 Å². The number of likely N-dealkylation sites (N-methyl/N-ethyl adjacent to an activating group) is 1. The lowest BCUT2D eigenvalue weighted by molar-refractivity contribution is -0.193. The Labute approximate surface area is 289 Å². The Morgan fingerprint density at radius 3 is 2.76 bits per heavy atom. The van der Waals surface area contributed by atoms with Crippen LogP contribution in [0.15, 0.2) is 36.4 Å². The van der Waals surface area contributed by atoms with Crippen molar-refractivity contribution in [2.24, 2.45) is 0 Å². The third-order valence-electron chi connectivity index (χ3n) is 10.1. The van der Waals surface area contributed by atoms with Crippen LogP contribution in [-0.4, -0.2) is 108 Å². The first kappa shape index (κ1) is 33.1. The quantitative estimate of drug-likeness (QED) is 0.358. The number of rotatable bonds is 8. The zero-order valence-corrected chi connectivity index (χ0v) is 28.2. The van der Waals surface area contributed by atoms with Gasteiger partial charge in [-0.1, -0.05) is 35.9 Å². The van der Waals surface area contributed by atoms with Gasteiger partial charge in [-0.3, -0.25) is 4.79 Å². The Hall–Kier alpha value is -4.38. The van der Waals surface area contributed by atoms with Crippen molar-refractivity contribution in [2.45, 2.75) is 69.5 Å². The molecular formula is C35H40ClN7O6. The number of fused-ring (bicyclic) bond motifs is 2. The van der Waals surface area contributed by atoms with Crippen LogP contribution < -0.4 is 14.5 Å². The lowest BCUT2D eigenvalue weighted by Gasteiger charge is -2.41. The first-order chi connectivity index (χ1) is 23.8. The predicted molar refractivity (Wildman–Crippen MR) is 182 cm³/mol. The van der Waals surface area contributed by atoms with Crippen molar-refractivity contribution >= 4 is 45.9 Å². The molecule has 2 unspecified atom stereocenters. The van der Waals surface area contributed by atoms with E-state index >= 15 is 0 Å². The second-order valence-corrected chi connectivity index (χ2v) is 13.4.